The Balaban J connectivity index is 1.47. The molecule has 0 atom stereocenters. The van der Waals surface area contributed by atoms with Gasteiger partial charge >= 0.3 is 0 Å². The van der Waals surface area contributed by atoms with Crippen molar-refractivity contribution in [3.8, 4) is 0 Å². The lowest BCUT2D eigenvalue weighted by atomic mass is 9.99. The van der Waals surface area contributed by atoms with Crippen molar-refractivity contribution in [2.75, 3.05) is 6.54 Å². The first kappa shape index (κ1) is 15.4. The second kappa shape index (κ2) is 6.11. The zero-order chi connectivity index (χ0) is 16.8. The van der Waals surface area contributed by atoms with E-state index in [9.17, 15) is 4.79 Å². The van der Waals surface area contributed by atoms with Gasteiger partial charge in [-0.2, -0.15) is 0 Å². The summed E-state index contributed by atoms with van der Waals surface area (Å²) in [5, 5.41) is 9.22. The number of hydrogen-bond donors (Lipinski definition) is 2. The lowest BCUT2D eigenvalue weighted by molar-refractivity contribution is 0.1000. The summed E-state index contributed by atoms with van der Waals surface area (Å²) in [5.41, 5.74) is 7.72. The number of hydrogen-bond acceptors (Lipinski definition) is 4. The number of ketones is 1. The molecule has 5 rings (SSSR count). The highest BCUT2D eigenvalue weighted by atomic mass is 32.1. The number of thiophene rings is 1. The van der Waals surface area contributed by atoms with E-state index < -0.39 is 0 Å². The van der Waals surface area contributed by atoms with Gasteiger partial charge in [-0.05, 0) is 41.0 Å². The van der Waals surface area contributed by atoms with Crippen molar-refractivity contribution in [3.05, 3.63) is 56.8 Å². The van der Waals surface area contributed by atoms with Crippen LogP contribution in [-0.4, -0.2) is 18.4 Å². The van der Waals surface area contributed by atoms with Gasteiger partial charge in [0.25, 0.3) is 0 Å². The molecule has 0 bridgehead atoms. The fourth-order valence-corrected chi connectivity index (χ4v) is 5.36. The van der Waals surface area contributed by atoms with Crippen molar-refractivity contribution >= 4 is 28.4 Å². The third-order valence-corrected chi connectivity index (χ3v) is 6.76. The molecule has 2 aliphatic carbocycles. The molecule has 25 heavy (non-hydrogen) atoms. The zero-order valence-corrected chi connectivity index (χ0v) is 15.0. The summed E-state index contributed by atoms with van der Waals surface area (Å²) in [6.07, 6.45) is 6.27. The van der Waals surface area contributed by atoms with E-state index in [0.717, 1.165) is 23.4 Å². The van der Waals surface area contributed by atoms with Crippen LogP contribution in [0.1, 0.15) is 57.6 Å². The summed E-state index contributed by atoms with van der Waals surface area (Å²) < 4.78 is 0. The molecule has 0 radical (unpaired) electrons. The van der Waals surface area contributed by atoms with Crippen LogP contribution in [0.4, 0.5) is 0 Å². The van der Waals surface area contributed by atoms with Crippen LogP contribution in [0.3, 0.4) is 0 Å². The topological polar surface area (TPSA) is 41.1 Å². The normalized spacial score (nSPS) is 19.4. The first-order valence-electron chi connectivity index (χ1n) is 9.24. The van der Waals surface area contributed by atoms with Gasteiger partial charge < -0.3 is 10.6 Å². The predicted molar refractivity (Wildman–Crippen MR) is 103 cm³/mol. The van der Waals surface area contributed by atoms with E-state index in [4.69, 9.17) is 0 Å². The molecule has 4 heteroatoms. The van der Waals surface area contributed by atoms with Gasteiger partial charge in [0.05, 0.1) is 11.4 Å². The molecule has 1 aromatic heterocycles. The molecule has 2 heterocycles. The first-order chi connectivity index (χ1) is 12.3. The highest BCUT2D eigenvalue weighted by molar-refractivity contribution is 7.12. The standard InChI is InChI=1S/C21H22N2OS/c24-19-12-23-20-15-7-3-4-13(11-22-14-5-1-2-6-14)17(15)10-18(20)16-8-9-25-21(16)19/h3-4,7-9,14,22-23H,1-2,5-6,10-12H2. The Kier molecular flexibility index (Phi) is 3.75. The van der Waals surface area contributed by atoms with E-state index in [1.165, 1.54) is 53.6 Å². The van der Waals surface area contributed by atoms with Gasteiger partial charge in [0, 0.05) is 35.8 Å². The number of carbonyl (C=O) groups excluding carboxylic acids is 1. The maximum Gasteiger partial charge on any atom is 0.192 e. The summed E-state index contributed by atoms with van der Waals surface area (Å²) in [6.45, 7) is 1.35. The summed E-state index contributed by atoms with van der Waals surface area (Å²) in [7, 11) is 0. The molecule has 2 N–H and O–H groups in total. The van der Waals surface area contributed by atoms with Gasteiger partial charge in [-0.3, -0.25) is 4.79 Å². The molecule has 0 saturated heterocycles. The van der Waals surface area contributed by atoms with Gasteiger partial charge in [-0.15, -0.1) is 11.3 Å². The minimum atomic E-state index is 0.208. The summed E-state index contributed by atoms with van der Waals surface area (Å²) >= 11 is 1.57. The third kappa shape index (κ3) is 2.55. The van der Waals surface area contributed by atoms with Crippen molar-refractivity contribution in [2.45, 2.75) is 44.7 Å². The second-order valence-electron chi connectivity index (χ2n) is 7.28. The summed E-state index contributed by atoms with van der Waals surface area (Å²) in [5.74, 6) is 0.208. The molecule has 2 aromatic rings. The number of rotatable bonds is 3. The van der Waals surface area contributed by atoms with E-state index in [2.05, 4.69) is 34.9 Å². The fourth-order valence-electron chi connectivity index (χ4n) is 4.50. The smallest absolute Gasteiger partial charge is 0.192 e. The van der Waals surface area contributed by atoms with Crippen molar-refractivity contribution in [3.63, 3.8) is 0 Å². The summed E-state index contributed by atoms with van der Waals surface area (Å²) in [6, 6.07) is 9.41. The molecule has 0 unspecified atom stereocenters. The summed E-state index contributed by atoms with van der Waals surface area (Å²) in [4.78, 5) is 13.3. The minimum absolute atomic E-state index is 0.208. The third-order valence-electron chi connectivity index (χ3n) is 5.80. The SMILES string of the molecule is O=C1CNC2=C(Cc3c(CNC4CCCC4)cccc32)c2ccsc21. The average Bonchev–Trinajstić information content (AvgIpc) is 3.35. The maximum atomic E-state index is 12.3. The Hall–Kier alpha value is -1.91. The Bertz CT molecular complexity index is 874. The van der Waals surface area contributed by atoms with Gasteiger partial charge in [-0.1, -0.05) is 31.0 Å². The van der Waals surface area contributed by atoms with Crippen LogP contribution in [0.15, 0.2) is 29.6 Å². The monoisotopic (exact) mass is 350 g/mol. The number of carbonyl (C=O) groups is 1. The Morgan fingerprint density at radius 3 is 2.92 bits per heavy atom. The molecule has 128 valence electrons. The number of benzene rings is 1. The number of fused-ring (bicyclic) bond motifs is 4. The molecule has 3 nitrogen and oxygen atoms in total. The van der Waals surface area contributed by atoms with Gasteiger partial charge in [0.2, 0.25) is 0 Å². The molecular formula is C21H22N2OS. The Morgan fingerprint density at radius 2 is 2.04 bits per heavy atom. The maximum absolute atomic E-state index is 12.3. The highest BCUT2D eigenvalue weighted by Crippen LogP contribution is 2.42. The lowest BCUT2D eigenvalue weighted by Gasteiger charge is -2.15. The second-order valence-corrected chi connectivity index (χ2v) is 8.19. The van der Waals surface area contributed by atoms with Crippen molar-refractivity contribution in [1.29, 1.82) is 0 Å². The molecule has 0 amide bonds. The molecule has 1 saturated carbocycles. The Morgan fingerprint density at radius 1 is 1.16 bits per heavy atom. The number of allylic oxidation sites excluding steroid dienone is 1. The zero-order valence-electron chi connectivity index (χ0n) is 14.2. The van der Waals surface area contributed by atoms with Crippen LogP contribution >= 0.6 is 11.3 Å². The minimum Gasteiger partial charge on any atom is -0.377 e. The lowest BCUT2D eigenvalue weighted by Crippen LogP contribution is -2.26. The van der Waals surface area contributed by atoms with E-state index in [0.29, 0.717) is 12.6 Å². The van der Waals surface area contributed by atoms with Crippen molar-refractivity contribution in [1.82, 2.24) is 10.6 Å². The first-order valence-corrected chi connectivity index (χ1v) is 10.1. The van der Waals surface area contributed by atoms with E-state index in [1.54, 1.807) is 11.3 Å². The van der Waals surface area contributed by atoms with Crippen LogP contribution in [0.25, 0.3) is 11.3 Å². The van der Waals surface area contributed by atoms with Crippen molar-refractivity contribution in [2.24, 2.45) is 0 Å². The van der Waals surface area contributed by atoms with E-state index in [1.807, 2.05) is 5.38 Å². The van der Waals surface area contributed by atoms with Gasteiger partial charge in [-0.25, -0.2) is 0 Å². The van der Waals surface area contributed by atoms with Gasteiger partial charge in [0.15, 0.2) is 5.78 Å². The Labute approximate surface area is 152 Å². The highest BCUT2D eigenvalue weighted by Gasteiger charge is 2.30. The van der Waals surface area contributed by atoms with Crippen LogP contribution in [0.5, 0.6) is 0 Å². The largest absolute Gasteiger partial charge is 0.377 e. The van der Waals surface area contributed by atoms with Crippen LogP contribution < -0.4 is 10.6 Å². The number of Topliss-reactive ketones (excluding diaryl/α,β-unsaturated/α-hetero) is 1. The quantitative estimate of drug-likeness (QED) is 0.879. The predicted octanol–water partition coefficient (Wildman–Crippen LogP) is 3.99. The molecular weight excluding hydrogens is 328 g/mol. The molecule has 1 aromatic carbocycles. The van der Waals surface area contributed by atoms with Crippen LogP contribution in [-0.2, 0) is 13.0 Å². The van der Waals surface area contributed by atoms with Gasteiger partial charge in [0.1, 0.15) is 0 Å². The molecule has 1 aliphatic heterocycles. The fraction of sp³-hybridized carbons (Fsp3) is 0.381. The average molecular weight is 350 g/mol. The molecule has 1 fully saturated rings. The van der Waals surface area contributed by atoms with Crippen LogP contribution in [0, 0.1) is 0 Å². The molecule has 0 spiro atoms. The van der Waals surface area contributed by atoms with E-state index >= 15 is 0 Å². The van der Waals surface area contributed by atoms with Crippen LogP contribution in [0.2, 0.25) is 0 Å². The van der Waals surface area contributed by atoms with Crippen molar-refractivity contribution < 1.29 is 4.79 Å². The number of nitrogens with one attached hydrogen (secondary N) is 2. The molecule has 3 aliphatic rings. The van der Waals surface area contributed by atoms with E-state index in [-0.39, 0.29) is 5.78 Å².